The van der Waals surface area contributed by atoms with Gasteiger partial charge in [0.1, 0.15) is 23.6 Å². The van der Waals surface area contributed by atoms with Gasteiger partial charge in [0, 0.05) is 26.2 Å². The molecule has 3 N–H and O–H groups in total. The van der Waals surface area contributed by atoms with Crippen LogP contribution in [0.2, 0.25) is 0 Å². The number of fused-ring (bicyclic) bond motifs is 1. The van der Waals surface area contributed by atoms with Crippen LogP contribution in [0.3, 0.4) is 0 Å². The summed E-state index contributed by atoms with van der Waals surface area (Å²) in [6.45, 7) is 2.53. The highest BCUT2D eigenvalue weighted by atomic mass is 16.5. The van der Waals surface area contributed by atoms with Gasteiger partial charge in [-0.3, -0.25) is 9.36 Å². The summed E-state index contributed by atoms with van der Waals surface area (Å²) in [6.07, 6.45) is 2.36. The van der Waals surface area contributed by atoms with Gasteiger partial charge in [0.05, 0.1) is 12.5 Å². The van der Waals surface area contributed by atoms with E-state index in [9.17, 15) is 9.90 Å². The maximum absolute atomic E-state index is 12.0. The Labute approximate surface area is 187 Å². The van der Waals surface area contributed by atoms with Crippen molar-refractivity contribution < 1.29 is 14.6 Å². The third-order valence-corrected chi connectivity index (χ3v) is 5.19. The van der Waals surface area contributed by atoms with E-state index in [1.807, 2.05) is 6.92 Å². The maximum Gasteiger partial charge on any atom is 0.256 e. The molecule has 0 saturated carbocycles. The Balaban J connectivity index is 1.56. The second-order valence-corrected chi connectivity index (χ2v) is 7.32. The first-order valence-electron chi connectivity index (χ1n) is 10.3. The molecule has 5 heterocycles. The highest BCUT2D eigenvalue weighted by Crippen LogP contribution is 2.32. The average molecular weight is 451 g/mol. The molecule has 1 amide bonds. The summed E-state index contributed by atoms with van der Waals surface area (Å²) in [7, 11) is 1.52. The van der Waals surface area contributed by atoms with Gasteiger partial charge in [-0.25, -0.2) is 4.98 Å². The number of aliphatic hydroxyl groups excluding tert-OH is 1. The molecule has 4 aromatic heterocycles. The largest absolute Gasteiger partial charge is 0.388 e. The fourth-order valence-corrected chi connectivity index (χ4v) is 3.63. The third-order valence-electron chi connectivity index (χ3n) is 5.19. The second kappa shape index (κ2) is 8.48. The molecule has 0 aliphatic carbocycles. The first-order chi connectivity index (χ1) is 16.1. The van der Waals surface area contributed by atoms with E-state index in [0.29, 0.717) is 34.9 Å². The van der Waals surface area contributed by atoms with Crippen molar-refractivity contribution in [1.29, 1.82) is 0 Å². The highest BCUT2D eigenvalue weighted by molar-refractivity contribution is 5.84. The molecule has 0 bridgehead atoms. The van der Waals surface area contributed by atoms with Crippen molar-refractivity contribution >= 4 is 22.9 Å². The Morgan fingerprint density at radius 3 is 2.94 bits per heavy atom. The molecule has 0 spiro atoms. The summed E-state index contributed by atoms with van der Waals surface area (Å²) in [5.74, 6) is 0.421. The highest BCUT2D eigenvalue weighted by Gasteiger charge is 2.39. The molecule has 14 heteroatoms. The molecule has 1 saturated heterocycles. The fourth-order valence-electron chi connectivity index (χ4n) is 3.63. The number of aromatic nitrogens is 9. The van der Waals surface area contributed by atoms with Crippen molar-refractivity contribution in [3.63, 3.8) is 0 Å². The number of likely N-dealkylation sites (N-methyl/N-ethyl adjacent to an activating group) is 1. The quantitative estimate of drug-likeness (QED) is 0.351. The third kappa shape index (κ3) is 3.74. The monoisotopic (exact) mass is 451 g/mol. The van der Waals surface area contributed by atoms with E-state index < -0.39 is 18.4 Å². The molecule has 14 nitrogen and oxygen atoms in total. The molecule has 1 fully saturated rings. The second-order valence-electron chi connectivity index (χ2n) is 7.32. The lowest BCUT2D eigenvalue weighted by atomic mass is 10.2. The van der Waals surface area contributed by atoms with Crippen molar-refractivity contribution in [3.05, 3.63) is 30.9 Å². The number of nitrogens with one attached hydrogen (secondary N) is 2. The molecule has 33 heavy (non-hydrogen) atoms. The zero-order valence-corrected chi connectivity index (χ0v) is 17.8. The molecule has 0 radical (unpaired) electrons. The number of amides is 1. The van der Waals surface area contributed by atoms with E-state index in [2.05, 4.69) is 46.1 Å². The number of imidazole rings is 1. The Morgan fingerprint density at radius 2 is 2.18 bits per heavy atom. The van der Waals surface area contributed by atoms with Crippen LogP contribution in [0.5, 0.6) is 0 Å². The van der Waals surface area contributed by atoms with Crippen molar-refractivity contribution in [2.75, 3.05) is 18.9 Å². The van der Waals surface area contributed by atoms with Crippen LogP contribution in [0.15, 0.2) is 30.9 Å². The number of anilines is 1. The van der Waals surface area contributed by atoms with Gasteiger partial charge in [0.15, 0.2) is 23.2 Å². The van der Waals surface area contributed by atoms with Gasteiger partial charge in [-0.1, -0.05) is 5.21 Å². The minimum Gasteiger partial charge on any atom is -0.388 e. The van der Waals surface area contributed by atoms with Gasteiger partial charge in [0.25, 0.3) is 5.95 Å². The summed E-state index contributed by atoms with van der Waals surface area (Å²) < 4.78 is 8.83. The normalized spacial score (nSPS) is 20.3. The van der Waals surface area contributed by atoms with Crippen LogP contribution in [-0.2, 0) is 9.53 Å². The van der Waals surface area contributed by atoms with Crippen molar-refractivity contribution in [2.45, 2.75) is 31.8 Å². The number of carbonyl (C=O) groups excluding carboxylic acids is 1. The van der Waals surface area contributed by atoms with E-state index >= 15 is 0 Å². The van der Waals surface area contributed by atoms with E-state index in [4.69, 9.17) is 4.74 Å². The van der Waals surface area contributed by atoms with Crippen molar-refractivity contribution in [2.24, 2.45) is 0 Å². The lowest BCUT2D eigenvalue weighted by Crippen LogP contribution is -2.31. The number of carbonyl (C=O) groups is 1. The Bertz CT molecular complexity index is 1290. The molecule has 5 rings (SSSR count). The standard InChI is InChI=1S/C19H21N11O3/c1-3-21-15-14-16(29(9-22-14)18-12(31)7-13(33-18)17(32)20-2)25-19(24-15)30-8-11(27-28-30)10-5-4-6-23-26-10/h4-6,8-9,12-13,18,31H,3,7H2,1-2H3,(H,20,32)(H,21,24,25)/t12-,13+,18?/m1/s1. The van der Waals surface area contributed by atoms with Gasteiger partial charge < -0.3 is 20.5 Å². The minimum atomic E-state index is -0.916. The SMILES string of the molecule is CCNc1nc(-n2cc(-c3cccnn3)nn2)nc2c1ncn2C1O[C@H](C(=O)NC)C[C@H]1O. The van der Waals surface area contributed by atoms with E-state index in [1.165, 1.54) is 18.1 Å². The molecule has 1 aliphatic heterocycles. The molecule has 4 aromatic rings. The number of rotatable bonds is 6. The van der Waals surface area contributed by atoms with Gasteiger partial charge in [-0.2, -0.15) is 19.7 Å². The molecule has 3 atom stereocenters. The molecular formula is C19H21N11O3. The molecule has 170 valence electrons. The van der Waals surface area contributed by atoms with Gasteiger partial charge in [-0.05, 0) is 19.1 Å². The van der Waals surface area contributed by atoms with Crippen LogP contribution < -0.4 is 10.6 Å². The Hall–Kier alpha value is -4.04. The van der Waals surface area contributed by atoms with E-state index in [-0.39, 0.29) is 18.3 Å². The zero-order chi connectivity index (χ0) is 22.9. The number of aliphatic hydroxyl groups is 1. The minimum absolute atomic E-state index is 0.159. The first kappa shape index (κ1) is 20.8. The fraction of sp³-hybridized carbons (Fsp3) is 0.368. The summed E-state index contributed by atoms with van der Waals surface area (Å²) >= 11 is 0. The number of hydrogen-bond acceptors (Lipinski definition) is 11. The Morgan fingerprint density at radius 1 is 1.30 bits per heavy atom. The molecule has 0 aromatic carbocycles. The predicted octanol–water partition coefficient (Wildman–Crippen LogP) is -0.310. The van der Waals surface area contributed by atoms with Crippen LogP contribution in [0, 0.1) is 0 Å². The average Bonchev–Trinajstić information content (AvgIpc) is 3.57. The van der Waals surface area contributed by atoms with E-state index in [1.54, 1.807) is 29.1 Å². The summed E-state index contributed by atoms with van der Waals surface area (Å²) in [5, 5.41) is 32.4. The van der Waals surface area contributed by atoms with Gasteiger partial charge >= 0.3 is 0 Å². The lowest BCUT2D eigenvalue weighted by molar-refractivity contribution is -0.134. The lowest BCUT2D eigenvalue weighted by Gasteiger charge is -2.17. The number of nitrogens with zero attached hydrogens (tertiary/aromatic N) is 9. The van der Waals surface area contributed by atoms with Gasteiger partial charge in [0.2, 0.25) is 5.91 Å². The molecule has 1 unspecified atom stereocenters. The first-order valence-corrected chi connectivity index (χ1v) is 10.3. The van der Waals surface area contributed by atoms with Crippen LogP contribution in [0.4, 0.5) is 5.82 Å². The molecule has 1 aliphatic rings. The number of hydrogen-bond donors (Lipinski definition) is 3. The Kier molecular flexibility index (Phi) is 5.35. The molecular weight excluding hydrogens is 430 g/mol. The topological polar surface area (TPSA) is 171 Å². The van der Waals surface area contributed by atoms with Crippen LogP contribution in [0.25, 0.3) is 28.5 Å². The predicted molar refractivity (Wildman–Crippen MR) is 114 cm³/mol. The smallest absolute Gasteiger partial charge is 0.256 e. The van der Waals surface area contributed by atoms with Crippen LogP contribution in [0.1, 0.15) is 19.6 Å². The van der Waals surface area contributed by atoms with Crippen LogP contribution in [-0.4, -0.2) is 81.5 Å². The van der Waals surface area contributed by atoms with Crippen molar-refractivity contribution in [1.82, 2.24) is 50.0 Å². The number of ether oxygens (including phenoxy) is 1. The summed E-state index contributed by atoms with van der Waals surface area (Å²) in [5.41, 5.74) is 1.97. The summed E-state index contributed by atoms with van der Waals surface area (Å²) in [6, 6.07) is 3.52. The van der Waals surface area contributed by atoms with E-state index in [0.717, 1.165) is 0 Å². The van der Waals surface area contributed by atoms with Gasteiger partial charge in [-0.15, -0.1) is 10.2 Å². The van der Waals surface area contributed by atoms with Crippen LogP contribution >= 0.6 is 0 Å². The summed E-state index contributed by atoms with van der Waals surface area (Å²) in [4.78, 5) is 25.6. The zero-order valence-electron chi connectivity index (χ0n) is 17.8. The van der Waals surface area contributed by atoms with Crippen molar-refractivity contribution in [3.8, 4) is 17.3 Å². The maximum atomic E-state index is 12.0.